The van der Waals surface area contributed by atoms with Gasteiger partial charge < -0.3 is 14.6 Å². The van der Waals surface area contributed by atoms with Crippen LogP contribution < -0.4 is 5.32 Å². The first-order valence-electron chi connectivity index (χ1n) is 5.98. The number of nitrogens with zero attached hydrogens (tertiary/aromatic N) is 2. The Morgan fingerprint density at radius 1 is 1.50 bits per heavy atom. The second-order valence-corrected chi connectivity index (χ2v) is 4.37. The summed E-state index contributed by atoms with van der Waals surface area (Å²) in [6.45, 7) is 11.7. The third-order valence-corrected chi connectivity index (χ3v) is 2.25. The lowest BCUT2D eigenvalue weighted by Crippen LogP contribution is -2.14. The van der Waals surface area contributed by atoms with Gasteiger partial charge in [-0.05, 0) is 19.8 Å². The van der Waals surface area contributed by atoms with Crippen LogP contribution in [-0.2, 0) is 11.3 Å². The molecule has 1 aromatic rings. The zero-order valence-corrected chi connectivity index (χ0v) is 10.8. The lowest BCUT2D eigenvalue weighted by molar-refractivity contribution is 0.139. The number of rotatable bonds is 7. The minimum absolute atomic E-state index is 0.623. The van der Waals surface area contributed by atoms with Crippen molar-refractivity contribution in [2.45, 2.75) is 34.2 Å². The van der Waals surface area contributed by atoms with Crippen molar-refractivity contribution in [2.24, 2.45) is 5.92 Å². The molecule has 0 aliphatic carbocycles. The first-order valence-corrected chi connectivity index (χ1v) is 5.98. The summed E-state index contributed by atoms with van der Waals surface area (Å²) < 4.78 is 7.47. The molecule has 4 nitrogen and oxygen atoms in total. The van der Waals surface area contributed by atoms with Crippen LogP contribution in [0.3, 0.4) is 0 Å². The number of anilines is 1. The van der Waals surface area contributed by atoms with E-state index >= 15 is 0 Å². The monoisotopic (exact) mass is 225 g/mol. The Hall–Kier alpha value is -1.03. The molecule has 1 N–H and O–H groups in total. The maximum absolute atomic E-state index is 5.35. The zero-order chi connectivity index (χ0) is 12.0. The fraction of sp³-hybridized carbons (Fsp3) is 0.750. The van der Waals surface area contributed by atoms with Gasteiger partial charge in [-0.2, -0.15) is 0 Å². The molecule has 0 saturated carbocycles. The normalized spacial score (nSPS) is 11.1. The van der Waals surface area contributed by atoms with E-state index in [1.807, 2.05) is 13.8 Å². The van der Waals surface area contributed by atoms with Gasteiger partial charge in [-0.15, -0.1) is 0 Å². The first-order chi connectivity index (χ1) is 7.63. The van der Waals surface area contributed by atoms with E-state index in [9.17, 15) is 0 Å². The summed E-state index contributed by atoms with van der Waals surface area (Å²) in [5, 5.41) is 3.36. The predicted molar refractivity (Wildman–Crippen MR) is 66.8 cm³/mol. The summed E-state index contributed by atoms with van der Waals surface area (Å²) >= 11 is 0. The molecule has 0 bridgehead atoms. The molecule has 0 aliphatic rings. The Bertz CT molecular complexity index is 307. The number of ether oxygens (including phenoxy) is 1. The van der Waals surface area contributed by atoms with Crippen LogP contribution in [0.25, 0.3) is 0 Å². The van der Waals surface area contributed by atoms with E-state index in [0.717, 1.165) is 37.9 Å². The summed E-state index contributed by atoms with van der Waals surface area (Å²) in [6.07, 6.45) is 2.06. The van der Waals surface area contributed by atoms with E-state index in [1.54, 1.807) is 0 Å². The average molecular weight is 225 g/mol. The lowest BCUT2D eigenvalue weighted by Gasteiger charge is -2.11. The van der Waals surface area contributed by atoms with Gasteiger partial charge in [0.05, 0.1) is 12.3 Å². The fourth-order valence-electron chi connectivity index (χ4n) is 1.46. The van der Waals surface area contributed by atoms with Gasteiger partial charge in [0, 0.05) is 25.9 Å². The minimum atomic E-state index is 0.623. The topological polar surface area (TPSA) is 39.1 Å². The summed E-state index contributed by atoms with van der Waals surface area (Å²) in [5.41, 5.74) is 1.04. The molecule has 16 heavy (non-hydrogen) atoms. The van der Waals surface area contributed by atoms with Crippen molar-refractivity contribution in [2.75, 3.05) is 25.1 Å². The average Bonchev–Trinajstić information content (AvgIpc) is 2.56. The fourth-order valence-corrected chi connectivity index (χ4v) is 1.46. The number of hydrogen-bond donors (Lipinski definition) is 1. The quantitative estimate of drug-likeness (QED) is 0.724. The summed E-state index contributed by atoms with van der Waals surface area (Å²) in [7, 11) is 0. The van der Waals surface area contributed by atoms with Crippen LogP contribution in [0.4, 0.5) is 5.95 Å². The molecule has 0 radical (unpaired) electrons. The molecule has 92 valence electrons. The second kappa shape index (κ2) is 6.53. The number of aryl methyl sites for hydroxylation is 1. The molecule has 1 aromatic heterocycles. The molecule has 0 atom stereocenters. The number of aromatic nitrogens is 2. The molecule has 0 aliphatic heterocycles. The van der Waals surface area contributed by atoms with E-state index in [1.165, 1.54) is 0 Å². The second-order valence-electron chi connectivity index (χ2n) is 4.37. The van der Waals surface area contributed by atoms with Crippen molar-refractivity contribution in [1.29, 1.82) is 0 Å². The molecular weight excluding hydrogens is 202 g/mol. The third-order valence-electron chi connectivity index (χ3n) is 2.25. The highest BCUT2D eigenvalue weighted by molar-refractivity contribution is 5.28. The summed E-state index contributed by atoms with van der Waals surface area (Å²) in [5.74, 6) is 1.57. The van der Waals surface area contributed by atoms with E-state index in [-0.39, 0.29) is 0 Å². The van der Waals surface area contributed by atoms with Crippen molar-refractivity contribution < 1.29 is 4.74 Å². The maximum atomic E-state index is 5.35. The van der Waals surface area contributed by atoms with E-state index in [4.69, 9.17) is 4.74 Å². The molecule has 0 spiro atoms. The van der Waals surface area contributed by atoms with Crippen molar-refractivity contribution in [3.05, 3.63) is 11.9 Å². The first kappa shape index (κ1) is 13.0. The van der Waals surface area contributed by atoms with Gasteiger partial charge in [0.1, 0.15) is 0 Å². The SMILES string of the molecule is CCOCCn1cc(C)nc1NCC(C)C. The van der Waals surface area contributed by atoms with Crippen LogP contribution in [0.1, 0.15) is 26.5 Å². The molecule has 0 saturated heterocycles. The smallest absolute Gasteiger partial charge is 0.203 e. The Balaban J connectivity index is 2.53. The number of nitrogens with one attached hydrogen (secondary N) is 1. The van der Waals surface area contributed by atoms with E-state index in [2.05, 4.69) is 34.9 Å². The minimum Gasteiger partial charge on any atom is -0.380 e. The standard InChI is InChI=1S/C12H23N3O/c1-5-16-7-6-15-9-11(4)14-12(15)13-8-10(2)3/h9-10H,5-8H2,1-4H3,(H,13,14). The van der Waals surface area contributed by atoms with Gasteiger partial charge in [0.2, 0.25) is 5.95 Å². The van der Waals surface area contributed by atoms with Gasteiger partial charge in [-0.25, -0.2) is 4.98 Å². The zero-order valence-electron chi connectivity index (χ0n) is 10.8. The van der Waals surface area contributed by atoms with Gasteiger partial charge in [0.25, 0.3) is 0 Å². The van der Waals surface area contributed by atoms with Crippen LogP contribution in [0, 0.1) is 12.8 Å². The Morgan fingerprint density at radius 2 is 2.25 bits per heavy atom. The van der Waals surface area contributed by atoms with Crippen LogP contribution in [0.2, 0.25) is 0 Å². The van der Waals surface area contributed by atoms with Crippen LogP contribution in [-0.4, -0.2) is 29.3 Å². The Kier molecular flexibility index (Phi) is 5.32. The van der Waals surface area contributed by atoms with Crippen LogP contribution in [0.5, 0.6) is 0 Å². The summed E-state index contributed by atoms with van der Waals surface area (Å²) in [6, 6.07) is 0. The van der Waals surface area contributed by atoms with Gasteiger partial charge in [0.15, 0.2) is 0 Å². The molecule has 1 rings (SSSR count). The van der Waals surface area contributed by atoms with Crippen LogP contribution in [0.15, 0.2) is 6.20 Å². The molecule has 0 amide bonds. The highest BCUT2D eigenvalue weighted by Crippen LogP contribution is 2.09. The Morgan fingerprint density at radius 3 is 2.88 bits per heavy atom. The molecule has 1 heterocycles. The highest BCUT2D eigenvalue weighted by Gasteiger charge is 2.05. The highest BCUT2D eigenvalue weighted by atomic mass is 16.5. The van der Waals surface area contributed by atoms with Crippen molar-refractivity contribution in [1.82, 2.24) is 9.55 Å². The summed E-state index contributed by atoms with van der Waals surface area (Å²) in [4.78, 5) is 4.46. The molecule has 0 fully saturated rings. The third kappa shape index (κ3) is 4.23. The lowest BCUT2D eigenvalue weighted by atomic mass is 10.2. The van der Waals surface area contributed by atoms with E-state index < -0.39 is 0 Å². The van der Waals surface area contributed by atoms with Gasteiger partial charge in [-0.3, -0.25) is 0 Å². The van der Waals surface area contributed by atoms with Crippen molar-refractivity contribution in [3.8, 4) is 0 Å². The Labute approximate surface area is 98.0 Å². The molecular formula is C12H23N3O. The molecule has 4 heteroatoms. The number of hydrogen-bond acceptors (Lipinski definition) is 3. The predicted octanol–water partition coefficient (Wildman–Crippen LogP) is 2.30. The molecule has 0 aromatic carbocycles. The maximum Gasteiger partial charge on any atom is 0.203 e. The molecule has 0 unspecified atom stereocenters. The number of imidazole rings is 1. The van der Waals surface area contributed by atoms with Gasteiger partial charge >= 0.3 is 0 Å². The van der Waals surface area contributed by atoms with Gasteiger partial charge in [-0.1, -0.05) is 13.8 Å². The van der Waals surface area contributed by atoms with Crippen molar-refractivity contribution in [3.63, 3.8) is 0 Å². The van der Waals surface area contributed by atoms with Crippen molar-refractivity contribution >= 4 is 5.95 Å². The largest absolute Gasteiger partial charge is 0.380 e. The van der Waals surface area contributed by atoms with E-state index in [0.29, 0.717) is 5.92 Å². The van der Waals surface area contributed by atoms with Crippen LogP contribution >= 0.6 is 0 Å².